The van der Waals surface area contributed by atoms with Crippen molar-refractivity contribution in [2.24, 2.45) is 5.73 Å². The van der Waals surface area contributed by atoms with Crippen LogP contribution < -0.4 is 5.73 Å². The van der Waals surface area contributed by atoms with E-state index < -0.39 is 0 Å². The molecular weight excluding hydrogens is 281 g/mol. The molecule has 102 valence electrons. The Morgan fingerprint density at radius 3 is 2.11 bits per heavy atom. The lowest BCUT2D eigenvalue weighted by molar-refractivity contribution is 0.0864. The second kappa shape index (κ2) is 8.18. The third-order valence-corrected chi connectivity index (χ3v) is 2.93. The van der Waals surface area contributed by atoms with Gasteiger partial charge in [0.1, 0.15) is 6.10 Å². The van der Waals surface area contributed by atoms with Crippen LogP contribution in [0.15, 0.2) is 54.6 Å². The number of ether oxygens (including phenoxy) is 1. The molecule has 1 unspecified atom stereocenters. The summed E-state index contributed by atoms with van der Waals surface area (Å²) in [7, 11) is 0. The maximum atomic E-state index is 5.91. The maximum absolute atomic E-state index is 5.91. The van der Waals surface area contributed by atoms with Crippen LogP contribution in [0.5, 0.6) is 0 Å². The molecule has 0 aliphatic heterocycles. The SMILES string of the molecule is Cl.NCCOC(c1ccccc1)c1ccc(Cl)cc1. The maximum Gasteiger partial charge on any atom is 0.108 e. The molecule has 0 bridgehead atoms. The van der Waals surface area contributed by atoms with E-state index in [1.807, 2.05) is 42.5 Å². The summed E-state index contributed by atoms with van der Waals surface area (Å²) < 4.78 is 5.84. The summed E-state index contributed by atoms with van der Waals surface area (Å²) in [5, 5.41) is 0.726. The molecule has 2 nitrogen and oxygen atoms in total. The molecule has 0 radical (unpaired) electrons. The molecule has 0 aliphatic carbocycles. The summed E-state index contributed by atoms with van der Waals surface area (Å²) in [5.74, 6) is 0. The van der Waals surface area contributed by atoms with Crippen molar-refractivity contribution in [2.45, 2.75) is 6.10 Å². The van der Waals surface area contributed by atoms with E-state index >= 15 is 0 Å². The van der Waals surface area contributed by atoms with Crippen molar-refractivity contribution >= 4 is 24.0 Å². The zero-order valence-corrected chi connectivity index (χ0v) is 12.0. The highest BCUT2D eigenvalue weighted by Crippen LogP contribution is 2.26. The standard InChI is InChI=1S/C15H16ClNO.ClH/c16-14-8-6-13(7-9-14)15(18-11-10-17)12-4-2-1-3-5-12;/h1-9,15H,10-11,17H2;1H. The Balaban J connectivity index is 0.00000180. The van der Waals surface area contributed by atoms with Crippen molar-refractivity contribution in [3.8, 4) is 0 Å². The number of halogens is 2. The molecule has 0 saturated carbocycles. The molecular formula is C15H17Cl2NO. The van der Waals surface area contributed by atoms with E-state index in [4.69, 9.17) is 22.1 Å². The molecule has 0 spiro atoms. The van der Waals surface area contributed by atoms with Gasteiger partial charge < -0.3 is 10.5 Å². The third-order valence-electron chi connectivity index (χ3n) is 2.68. The second-order valence-electron chi connectivity index (χ2n) is 4.00. The van der Waals surface area contributed by atoms with Gasteiger partial charge in [-0.2, -0.15) is 0 Å². The van der Waals surface area contributed by atoms with Gasteiger partial charge in [0.15, 0.2) is 0 Å². The average Bonchev–Trinajstić information content (AvgIpc) is 2.42. The lowest BCUT2D eigenvalue weighted by Crippen LogP contribution is -2.13. The third kappa shape index (κ3) is 4.51. The summed E-state index contributed by atoms with van der Waals surface area (Å²) in [5.41, 5.74) is 7.71. The van der Waals surface area contributed by atoms with Crippen LogP contribution in [0.4, 0.5) is 0 Å². The predicted molar refractivity (Wildman–Crippen MR) is 82.0 cm³/mol. The molecule has 0 saturated heterocycles. The smallest absolute Gasteiger partial charge is 0.108 e. The fraction of sp³-hybridized carbons (Fsp3) is 0.200. The number of rotatable bonds is 5. The summed E-state index contributed by atoms with van der Waals surface area (Å²) in [4.78, 5) is 0. The van der Waals surface area contributed by atoms with Crippen LogP contribution in [0.1, 0.15) is 17.2 Å². The largest absolute Gasteiger partial charge is 0.367 e. The van der Waals surface area contributed by atoms with E-state index in [2.05, 4.69) is 12.1 Å². The molecule has 2 aromatic carbocycles. The Labute approximate surface area is 124 Å². The van der Waals surface area contributed by atoms with Crippen LogP contribution in [-0.2, 0) is 4.74 Å². The number of hydrogen-bond acceptors (Lipinski definition) is 2. The van der Waals surface area contributed by atoms with Gasteiger partial charge in [-0.05, 0) is 23.3 Å². The summed E-state index contributed by atoms with van der Waals surface area (Å²) in [6.07, 6.45) is -0.0907. The highest BCUT2D eigenvalue weighted by molar-refractivity contribution is 6.30. The van der Waals surface area contributed by atoms with E-state index in [1.165, 1.54) is 0 Å². The normalized spacial score (nSPS) is 11.7. The van der Waals surface area contributed by atoms with Gasteiger partial charge in [-0.15, -0.1) is 12.4 Å². The van der Waals surface area contributed by atoms with Crippen LogP contribution in [0, 0.1) is 0 Å². The molecule has 0 aromatic heterocycles. The molecule has 2 rings (SSSR count). The van der Waals surface area contributed by atoms with Crippen LogP contribution in [0.25, 0.3) is 0 Å². The Kier molecular flexibility index (Phi) is 6.89. The molecule has 0 heterocycles. The topological polar surface area (TPSA) is 35.2 Å². The molecule has 2 aromatic rings. The zero-order valence-electron chi connectivity index (χ0n) is 10.5. The number of hydrogen-bond donors (Lipinski definition) is 1. The van der Waals surface area contributed by atoms with Gasteiger partial charge in [-0.1, -0.05) is 54.1 Å². The van der Waals surface area contributed by atoms with Crippen molar-refractivity contribution in [2.75, 3.05) is 13.2 Å². The molecule has 0 aliphatic rings. The molecule has 19 heavy (non-hydrogen) atoms. The Morgan fingerprint density at radius 2 is 1.53 bits per heavy atom. The van der Waals surface area contributed by atoms with Gasteiger partial charge in [0.2, 0.25) is 0 Å². The zero-order chi connectivity index (χ0) is 12.8. The van der Waals surface area contributed by atoms with Gasteiger partial charge in [-0.3, -0.25) is 0 Å². The van der Waals surface area contributed by atoms with Crippen LogP contribution in [0.2, 0.25) is 5.02 Å². The van der Waals surface area contributed by atoms with E-state index in [9.17, 15) is 0 Å². The van der Waals surface area contributed by atoms with E-state index in [1.54, 1.807) is 0 Å². The summed E-state index contributed by atoms with van der Waals surface area (Å²) >= 11 is 5.91. The van der Waals surface area contributed by atoms with Crippen molar-refractivity contribution in [3.05, 3.63) is 70.7 Å². The fourth-order valence-electron chi connectivity index (χ4n) is 1.84. The number of benzene rings is 2. The quantitative estimate of drug-likeness (QED) is 0.910. The van der Waals surface area contributed by atoms with Crippen LogP contribution in [0.3, 0.4) is 0 Å². The first-order chi connectivity index (χ1) is 8.81. The van der Waals surface area contributed by atoms with Gasteiger partial charge in [0.05, 0.1) is 6.61 Å². The first-order valence-electron chi connectivity index (χ1n) is 5.93. The molecule has 0 amide bonds. The van der Waals surface area contributed by atoms with Crippen molar-refractivity contribution in [1.82, 2.24) is 0 Å². The van der Waals surface area contributed by atoms with Crippen LogP contribution >= 0.6 is 24.0 Å². The summed E-state index contributed by atoms with van der Waals surface area (Å²) in [6.45, 7) is 1.04. The molecule has 4 heteroatoms. The molecule has 1 atom stereocenters. The minimum atomic E-state index is -0.0907. The lowest BCUT2D eigenvalue weighted by Gasteiger charge is -2.18. The Hall–Kier alpha value is -1.06. The van der Waals surface area contributed by atoms with E-state index in [0.717, 1.165) is 16.1 Å². The monoisotopic (exact) mass is 297 g/mol. The Bertz CT molecular complexity index is 473. The average molecular weight is 298 g/mol. The van der Waals surface area contributed by atoms with Gasteiger partial charge in [0, 0.05) is 11.6 Å². The highest BCUT2D eigenvalue weighted by Gasteiger charge is 2.13. The van der Waals surface area contributed by atoms with E-state index in [0.29, 0.717) is 13.2 Å². The Morgan fingerprint density at radius 1 is 0.947 bits per heavy atom. The van der Waals surface area contributed by atoms with Gasteiger partial charge >= 0.3 is 0 Å². The summed E-state index contributed by atoms with van der Waals surface area (Å²) in [6, 6.07) is 17.8. The first-order valence-corrected chi connectivity index (χ1v) is 6.31. The lowest BCUT2D eigenvalue weighted by atomic mass is 10.0. The minimum Gasteiger partial charge on any atom is -0.367 e. The first kappa shape index (κ1) is 16.0. The molecule has 2 N–H and O–H groups in total. The highest BCUT2D eigenvalue weighted by atomic mass is 35.5. The van der Waals surface area contributed by atoms with Crippen LogP contribution in [-0.4, -0.2) is 13.2 Å². The predicted octanol–water partition coefficient (Wildman–Crippen LogP) is 3.83. The fourth-order valence-corrected chi connectivity index (χ4v) is 1.96. The van der Waals surface area contributed by atoms with Gasteiger partial charge in [0.25, 0.3) is 0 Å². The molecule has 0 fully saturated rings. The van der Waals surface area contributed by atoms with Crippen molar-refractivity contribution in [3.63, 3.8) is 0 Å². The van der Waals surface area contributed by atoms with Gasteiger partial charge in [-0.25, -0.2) is 0 Å². The van der Waals surface area contributed by atoms with Crippen molar-refractivity contribution in [1.29, 1.82) is 0 Å². The van der Waals surface area contributed by atoms with E-state index in [-0.39, 0.29) is 18.5 Å². The minimum absolute atomic E-state index is 0. The second-order valence-corrected chi connectivity index (χ2v) is 4.44. The number of nitrogens with two attached hydrogens (primary N) is 1. The van der Waals surface area contributed by atoms with Crippen molar-refractivity contribution < 1.29 is 4.74 Å².